The summed E-state index contributed by atoms with van der Waals surface area (Å²) < 4.78 is 26.9. The van der Waals surface area contributed by atoms with Gasteiger partial charge in [-0.3, -0.25) is 4.79 Å². The molecule has 1 fully saturated rings. The topological polar surface area (TPSA) is 111 Å². The second-order valence-electron chi connectivity index (χ2n) is 8.84. The van der Waals surface area contributed by atoms with Gasteiger partial charge in [0.2, 0.25) is 5.88 Å². The zero-order chi connectivity index (χ0) is 23.8. The van der Waals surface area contributed by atoms with Gasteiger partial charge in [0.15, 0.2) is 11.5 Å². The van der Waals surface area contributed by atoms with Crippen LogP contribution in [0.5, 0.6) is 5.88 Å². The molecular weight excluding hydrogens is 431 g/mol. The van der Waals surface area contributed by atoms with Crippen molar-refractivity contribution in [1.29, 1.82) is 0 Å². The Morgan fingerprint density at radius 1 is 1.21 bits per heavy atom. The predicted molar refractivity (Wildman–Crippen MR) is 117 cm³/mol. The maximum absolute atomic E-state index is 14.2. The van der Waals surface area contributed by atoms with Crippen molar-refractivity contribution < 1.29 is 23.5 Å². The van der Waals surface area contributed by atoms with Gasteiger partial charge in [0, 0.05) is 31.4 Å². The first-order valence-corrected chi connectivity index (χ1v) is 10.5. The van der Waals surface area contributed by atoms with Gasteiger partial charge >= 0.3 is 6.09 Å². The van der Waals surface area contributed by atoms with E-state index in [9.17, 15) is 14.0 Å². The maximum atomic E-state index is 14.2. The van der Waals surface area contributed by atoms with E-state index in [-0.39, 0.29) is 35.1 Å². The van der Waals surface area contributed by atoms with E-state index in [1.165, 1.54) is 22.9 Å². The first-order chi connectivity index (χ1) is 15.6. The average Bonchev–Trinajstić information content (AvgIpc) is 3.33. The number of anilines is 1. The van der Waals surface area contributed by atoms with Crippen LogP contribution in [0.25, 0.3) is 5.65 Å². The zero-order valence-electron chi connectivity index (χ0n) is 18.8. The summed E-state index contributed by atoms with van der Waals surface area (Å²) in [5.74, 6) is -0.849. The van der Waals surface area contributed by atoms with E-state index in [0.29, 0.717) is 25.2 Å². The summed E-state index contributed by atoms with van der Waals surface area (Å²) >= 11 is 0. The van der Waals surface area contributed by atoms with Gasteiger partial charge in [-0.15, -0.1) is 0 Å². The average molecular weight is 456 g/mol. The van der Waals surface area contributed by atoms with Crippen molar-refractivity contribution in [3.8, 4) is 5.88 Å². The number of nitrogens with one attached hydrogen (secondary N) is 1. The van der Waals surface area contributed by atoms with Gasteiger partial charge in [-0.05, 0) is 27.7 Å². The van der Waals surface area contributed by atoms with Crippen molar-refractivity contribution in [3.63, 3.8) is 0 Å². The lowest BCUT2D eigenvalue weighted by Crippen LogP contribution is -2.36. The second kappa shape index (κ2) is 8.64. The van der Waals surface area contributed by atoms with Crippen LogP contribution in [-0.4, -0.2) is 61.0 Å². The van der Waals surface area contributed by atoms with Gasteiger partial charge in [0.1, 0.15) is 17.4 Å². The van der Waals surface area contributed by atoms with Gasteiger partial charge in [0.25, 0.3) is 5.91 Å². The van der Waals surface area contributed by atoms with Crippen molar-refractivity contribution in [1.82, 2.24) is 24.3 Å². The monoisotopic (exact) mass is 456 g/mol. The number of carbonyl (C=O) groups is 2. The number of aromatic nitrogens is 4. The van der Waals surface area contributed by atoms with E-state index >= 15 is 0 Å². The van der Waals surface area contributed by atoms with Gasteiger partial charge in [-0.1, -0.05) is 0 Å². The highest BCUT2D eigenvalue weighted by Crippen LogP contribution is 2.20. The molecule has 0 saturated carbocycles. The first-order valence-electron chi connectivity index (χ1n) is 10.5. The minimum atomic E-state index is -0.562. The molecule has 1 atom stereocenters. The van der Waals surface area contributed by atoms with E-state index in [2.05, 4.69) is 20.3 Å². The third kappa shape index (κ3) is 5.36. The number of imidazole rings is 1. The van der Waals surface area contributed by atoms with Gasteiger partial charge < -0.3 is 24.1 Å². The Balaban J connectivity index is 1.35. The molecule has 1 aliphatic heterocycles. The molecule has 0 radical (unpaired) electrons. The molecule has 10 nitrogen and oxygen atoms in total. The molecule has 1 saturated heterocycles. The Kier molecular flexibility index (Phi) is 5.88. The van der Waals surface area contributed by atoms with Crippen molar-refractivity contribution in [3.05, 3.63) is 48.1 Å². The molecule has 3 aromatic rings. The predicted octanol–water partition coefficient (Wildman–Crippen LogP) is 3.21. The minimum Gasteiger partial charge on any atom is -0.471 e. The molecule has 3 aromatic heterocycles. The largest absolute Gasteiger partial charge is 0.471 e. The minimum absolute atomic E-state index is 0.0477. The van der Waals surface area contributed by atoms with Crippen LogP contribution in [-0.2, 0) is 4.74 Å². The number of amides is 2. The summed E-state index contributed by atoms with van der Waals surface area (Å²) in [6.45, 7) is 8.09. The number of likely N-dealkylation sites (tertiary alicyclic amines) is 1. The highest BCUT2D eigenvalue weighted by Gasteiger charge is 2.31. The summed E-state index contributed by atoms with van der Waals surface area (Å²) in [5, 5.41) is 2.60. The molecule has 0 aromatic carbocycles. The van der Waals surface area contributed by atoms with E-state index in [0.717, 1.165) is 0 Å². The molecule has 1 aliphatic rings. The Morgan fingerprint density at radius 2 is 2.00 bits per heavy atom. The molecule has 174 valence electrons. The van der Waals surface area contributed by atoms with Gasteiger partial charge in [0.05, 0.1) is 30.3 Å². The number of hydrogen-bond acceptors (Lipinski definition) is 7. The van der Waals surface area contributed by atoms with Crippen LogP contribution in [0.4, 0.5) is 14.9 Å². The third-order valence-corrected chi connectivity index (χ3v) is 4.83. The molecule has 33 heavy (non-hydrogen) atoms. The molecule has 0 aliphatic carbocycles. The molecule has 0 bridgehead atoms. The van der Waals surface area contributed by atoms with Gasteiger partial charge in [-0.25, -0.2) is 24.1 Å². The number of ether oxygens (including phenoxy) is 2. The fraction of sp³-hybridized carbons (Fsp3) is 0.409. The van der Waals surface area contributed by atoms with Crippen LogP contribution in [0.15, 0.2) is 30.9 Å². The van der Waals surface area contributed by atoms with E-state index in [4.69, 9.17) is 9.47 Å². The smallest absolute Gasteiger partial charge is 0.410 e. The summed E-state index contributed by atoms with van der Waals surface area (Å²) in [5.41, 5.74) is 0.594. The molecule has 2 amide bonds. The molecule has 11 heteroatoms. The van der Waals surface area contributed by atoms with E-state index in [1.54, 1.807) is 24.2 Å². The lowest BCUT2D eigenvalue weighted by atomic mass is 10.2. The summed E-state index contributed by atoms with van der Waals surface area (Å²) in [6.07, 6.45) is 5.84. The molecule has 1 N–H and O–H groups in total. The van der Waals surface area contributed by atoms with E-state index < -0.39 is 17.3 Å². The van der Waals surface area contributed by atoms with Crippen LogP contribution in [0.3, 0.4) is 0 Å². The van der Waals surface area contributed by atoms with E-state index in [1.807, 2.05) is 20.8 Å². The number of carbonyl (C=O) groups excluding carboxylic acids is 2. The second-order valence-corrected chi connectivity index (χ2v) is 8.84. The zero-order valence-corrected chi connectivity index (χ0v) is 18.8. The van der Waals surface area contributed by atoms with Crippen molar-refractivity contribution in [2.45, 2.75) is 45.8 Å². The fourth-order valence-corrected chi connectivity index (χ4v) is 3.42. The normalized spacial score (nSPS) is 16.2. The fourth-order valence-electron chi connectivity index (χ4n) is 3.42. The Hall–Kier alpha value is -3.76. The number of halogens is 1. The lowest BCUT2D eigenvalue weighted by Gasteiger charge is -2.24. The molecular formula is C22H25FN6O4. The Morgan fingerprint density at radius 3 is 2.70 bits per heavy atom. The number of rotatable bonds is 4. The van der Waals surface area contributed by atoms with Gasteiger partial charge in [-0.2, -0.15) is 0 Å². The SMILES string of the molecule is Cc1cn2cc(NC(=O)c3cnc(O[C@H]4CCN(C(=O)OC(C)(C)C)C4)cn3)cc(F)c2n1. The first kappa shape index (κ1) is 22.4. The molecule has 0 spiro atoms. The van der Waals surface area contributed by atoms with Crippen molar-refractivity contribution in [2.24, 2.45) is 0 Å². The lowest BCUT2D eigenvalue weighted by molar-refractivity contribution is 0.0274. The standard InChI is InChI=1S/C22H25FN6O4/c1-13-10-29-11-14(7-16(23)19(29)26-13)27-20(30)17-8-25-18(9-24-17)32-15-5-6-28(12-15)21(31)33-22(2,3)4/h7-11,15H,5-6,12H2,1-4H3,(H,27,30)/t15-/m0/s1. The number of aryl methyl sites for hydroxylation is 1. The van der Waals surface area contributed by atoms with Crippen LogP contribution in [0.1, 0.15) is 43.4 Å². The third-order valence-electron chi connectivity index (χ3n) is 4.83. The Labute approximate surface area is 189 Å². The van der Waals surface area contributed by atoms with Crippen molar-refractivity contribution in [2.75, 3.05) is 18.4 Å². The quantitative estimate of drug-likeness (QED) is 0.642. The number of nitrogens with zero attached hydrogens (tertiary/aromatic N) is 5. The number of pyridine rings is 1. The Bertz CT molecular complexity index is 1190. The number of hydrogen-bond donors (Lipinski definition) is 1. The summed E-state index contributed by atoms with van der Waals surface area (Å²) in [4.78, 5) is 38.6. The highest BCUT2D eigenvalue weighted by atomic mass is 19.1. The maximum Gasteiger partial charge on any atom is 0.410 e. The van der Waals surface area contributed by atoms with Crippen LogP contribution in [0.2, 0.25) is 0 Å². The summed E-state index contributed by atoms with van der Waals surface area (Å²) in [6, 6.07) is 1.20. The molecule has 4 rings (SSSR count). The van der Waals surface area contributed by atoms with Crippen LogP contribution >= 0.6 is 0 Å². The molecule has 0 unspecified atom stereocenters. The van der Waals surface area contributed by atoms with Crippen LogP contribution < -0.4 is 10.1 Å². The van der Waals surface area contributed by atoms with Crippen molar-refractivity contribution >= 4 is 23.3 Å². The summed E-state index contributed by atoms with van der Waals surface area (Å²) in [7, 11) is 0. The molecule has 4 heterocycles. The van der Waals surface area contributed by atoms with Crippen LogP contribution in [0, 0.1) is 12.7 Å². The highest BCUT2D eigenvalue weighted by molar-refractivity contribution is 6.02. The number of fused-ring (bicyclic) bond motifs is 1.